The number of imidazole rings is 1. The molecule has 0 aliphatic carbocycles. The molecule has 1 aromatic heterocycles. The fourth-order valence-corrected chi connectivity index (χ4v) is 1.52. The van der Waals surface area contributed by atoms with Crippen molar-refractivity contribution < 1.29 is 0 Å². The molecule has 0 bridgehead atoms. The summed E-state index contributed by atoms with van der Waals surface area (Å²) < 4.78 is 2.18. The van der Waals surface area contributed by atoms with Crippen LogP contribution in [0.4, 0.5) is 0 Å². The SMILES string of the molecule is CC(C)(N)Cc1cncn1C(C)(C)C. The van der Waals surface area contributed by atoms with Gasteiger partial charge in [0.15, 0.2) is 0 Å². The minimum absolute atomic E-state index is 0.0804. The summed E-state index contributed by atoms with van der Waals surface area (Å²) in [5.74, 6) is 0. The summed E-state index contributed by atoms with van der Waals surface area (Å²) in [6.45, 7) is 10.6. The van der Waals surface area contributed by atoms with Crippen molar-refractivity contribution in [3.8, 4) is 0 Å². The van der Waals surface area contributed by atoms with Gasteiger partial charge in [-0.25, -0.2) is 4.98 Å². The van der Waals surface area contributed by atoms with Crippen LogP contribution >= 0.6 is 0 Å². The molecule has 0 atom stereocenters. The second-order valence-corrected chi connectivity index (χ2v) is 5.59. The second-order valence-electron chi connectivity index (χ2n) is 5.59. The van der Waals surface area contributed by atoms with Gasteiger partial charge in [0.2, 0.25) is 0 Å². The maximum Gasteiger partial charge on any atom is 0.0953 e. The molecule has 0 saturated carbocycles. The third kappa shape index (κ3) is 2.84. The van der Waals surface area contributed by atoms with Crippen molar-refractivity contribution in [2.75, 3.05) is 0 Å². The zero-order valence-electron chi connectivity index (χ0n) is 9.83. The van der Waals surface area contributed by atoms with Gasteiger partial charge in [-0.1, -0.05) is 0 Å². The summed E-state index contributed by atoms with van der Waals surface area (Å²) in [5.41, 5.74) is 7.10. The molecular weight excluding hydrogens is 174 g/mol. The number of nitrogens with zero attached hydrogens (tertiary/aromatic N) is 2. The molecule has 0 amide bonds. The molecule has 1 rings (SSSR count). The Hall–Kier alpha value is -0.830. The van der Waals surface area contributed by atoms with Gasteiger partial charge < -0.3 is 10.3 Å². The Balaban J connectivity index is 2.95. The fraction of sp³-hybridized carbons (Fsp3) is 0.727. The van der Waals surface area contributed by atoms with Gasteiger partial charge in [0.1, 0.15) is 0 Å². The molecule has 0 fully saturated rings. The van der Waals surface area contributed by atoms with Gasteiger partial charge in [-0.2, -0.15) is 0 Å². The minimum Gasteiger partial charge on any atom is -0.329 e. The summed E-state index contributed by atoms with van der Waals surface area (Å²) in [4.78, 5) is 4.18. The molecule has 1 heterocycles. The zero-order valence-corrected chi connectivity index (χ0v) is 9.83. The van der Waals surface area contributed by atoms with E-state index in [1.54, 1.807) is 0 Å². The Bertz CT molecular complexity index is 299. The summed E-state index contributed by atoms with van der Waals surface area (Å²) in [5, 5.41) is 0. The molecule has 0 aliphatic rings. The van der Waals surface area contributed by atoms with Crippen molar-refractivity contribution in [1.82, 2.24) is 9.55 Å². The van der Waals surface area contributed by atoms with Crippen LogP contribution in [0.2, 0.25) is 0 Å². The third-order valence-electron chi connectivity index (χ3n) is 2.07. The first-order chi connectivity index (χ1) is 6.20. The smallest absolute Gasteiger partial charge is 0.0953 e. The maximum atomic E-state index is 6.00. The molecule has 3 heteroatoms. The largest absolute Gasteiger partial charge is 0.329 e. The lowest BCUT2D eigenvalue weighted by Gasteiger charge is -2.26. The number of hydrogen-bond acceptors (Lipinski definition) is 2. The van der Waals surface area contributed by atoms with E-state index in [0.717, 1.165) is 6.42 Å². The van der Waals surface area contributed by atoms with Crippen LogP contribution in [0.3, 0.4) is 0 Å². The molecular formula is C11H21N3. The number of rotatable bonds is 2. The first-order valence-electron chi connectivity index (χ1n) is 5.01. The van der Waals surface area contributed by atoms with Crippen LogP contribution in [0.15, 0.2) is 12.5 Å². The van der Waals surface area contributed by atoms with Crippen LogP contribution < -0.4 is 5.73 Å². The van der Waals surface area contributed by atoms with Crippen molar-refractivity contribution in [3.05, 3.63) is 18.2 Å². The summed E-state index contributed by atoms with van der Waals surface area (Å²) in [6, 6.07) is 0. The highest BCUT2D eigenvalue weighted by atomic mass is 15.1. The third-order valence-corrected chi connectivity index (χ3v) is 2.07. The average Bonchev–Trinajstić information content (AvgIpc) is 2.29. The van der Waals surface area contributed by atoms with Crippen molar-refractivity contribution in [3.63, 3.8) is 0 Å². The van der Waals surface area contributed by atoms with Crippen LogP contribution in [0.5, 0.6) is 0 Å². The van der Waals surface area contributed by atoms with Crippen LogP contribution in [-0.2, 0) is 12.0 Å². The molecule has 0 aromatic carbocycles. The molecule has 3 nitrogen and oxygen atoms in total. The predicted octanol–water partition coefficient (Wildman–Crippen LogP) is 1.92. The van der Waals surface area contributed by atoms with Gasteiger partial charge in [-0.15, -0.1) is 0 Å². The van der Waals surface area contributed by atoms with Crippen molar-refractivity contribution in [1.29, 1.82) is 0 Å². The molecule has 1 aromatic rings. The van der Waals surface area contributed by atoms with Crippen LogP contribution in [0.25, 0.3) is 0 Å². The van der Waals surface area contributed by atoms with Crippen molar-refractivity contribution in [2.24, 2.45) is 5.73 Å². The Labute approximate surface area is 86.3 Å². The van der Waals surface area contributed by atoms with E-state index in [2.05, 4.69) is 30.3 Å². The van der Waals surface area contributed by atoms with Crippen molar-refractivity contribution in [2.45, 2.75) is 52.1 Å². The predicted molar refractivity (Wildman–Crippen MR) is 59.2 cm³/mol. The lowest BCUT2D eigenvalue weighted by atomic mass is 9.99. The molecule has 0 unspecified atom stereocenters. The summed E-state index contributed by atoms with van der Waals surface area (Å²) >= 11 is 0. The molecule has 0 saturated heterocycles. The van der Waals surface area contributed by atoms with E-state index < -0.39 is 0 Å². The highest BCUT2D eigenvalue weighted by Gasteiger charge is 2.20. The lowest BCUT2D eigenvalue weighted by Crippen LogP contribution is -2.36. The molecule has 14 heavy (non-hydrogen) atoms. The Morgan fingerprint density at radius 3 is 2.29 bits per heavy atom. The standard InChI is InChI=1S/C11H21N3/c1-10(2,3)14-8-13-7-9(14)6-11(4,5)12/h7-8H,6,12H2,1-5H3. The van der Waals surface area contributed by atoms with Gasteiger partial charge in [0.25, 0.3) is 0 Å². The van der Waals surface area contributed by atoms with E-state index in [0.29, 0.717) is 0 Å². The highest BCUT2D eigenvalue weighted by Crippen LogP contribution is 2.19. The summed E-state index contributed by atoms with van der Waals surface area (Å²) in [6.07, 6.45) is 4.63. The summed E-state index contributed by atoms with van der Waals surface area (Å²) in [7, 11) is 0. The van der Waals surface area contributed by atoms with Gasteiger partial charge in [0, 0.05) is 29.4 Å². The molecule has 0 spiro atoms. The number of aromatic nitrogens is 2. The fourth-order valence-electron chi connectivity index (χ4n) is 1.52. The van der Waals surface area contributed by atoms with E-state index in [-0.39, 0.29) is 11.1 Å². The zero-order chi connectivity index (χ0) is 11.0. The van der Waals surface area contributed by atoms with Crippen LogP contribution in [0.1, 0.15) is 40.3 Å². The van der Waals surface area contributed by atoms with E-state index in [1.165, 1.54) is 5.69 Å². The van der Waals surface area contributed by atoms with Gasteiger partial charge >= 0.3 is 0 Å². The van der Waals surface area contributed by atoms with Gasteiger partial charge in [0.05, 0.1) is 6.33 Å². The van der Waals surface area contributed by atoms with Crippen molar-refractivity contribution >= 4 is 0 Å². The monoisotopic (exact) mass is 195 g/mol. The quantitative estimate of drug-likeness (QED) is 0.783. The molecule has 0 radical (unpaired) electrons. The molecule has 0 aliphatic heterocycles. The topological polar surface area (TPSA) is 43.8 Å². The minimum atomic E-state index is -0.178. The number of hydrogen-bond donors (Lipinski definition) is 1. The Morgan fingerprint density at radius 2 is 1.86 bits per heavy atom. The van der Waals surface area contributed by atoms with E-state index in [1.807, 2.05) is 26.4 Å². The lowest BCUT2D eigenvalue weighted by molar-refractivity contribution is 0.371. The highest BCUT2D eigenvalue weighted by molar-refractivity contribution is 5.06. The molecule has 2 N–H and O–H groups in total. The van der Waals surface area contributed by atoms with Crippen LogP contribution in [-0.4, -0.2) is 15.1 Å². The Kier molecular flexibility index (Phi) is 2.72. The first kappa shape index (κ1) is 11.2. The van der Waals surface area contributed by atoms with Gasteiger partial charge in [-0.3, -0.25) is 0 Å². The molecule has 80 valence electrons. The van der Waals surface area contributed by atoms with E-state index >= 15 is 0 Å². The normalized spacial score (nSPS) is 13.3. The second kappa shape index (κ2) is 3.39. The van der Waals surface area contributed by atoms with Crippen LogP contribution in [0, 0.1) is 0 Å². The van der Waals surface area contributed by atoms with Gasteiger partial charge in [-0.05, 0) is 34.6 Å². The van der Waals surface area contributed by atoms with E-state index in [4.69, 9.17) is 5.73 Å². The van der Waals surface area contributed by atoms with E-state index in [9.17, 15) is 0 Å². The maximum absolute atomic E-state index is 6.00. The first-order valence-corrected chi connectivity index (χ1v) is 5.01. The average molecular weight is 195 g/mol. The Morgan fingerprint density at radius 1 is 1.29 bits per heavy atom. The number of nitrogens with two attached hydrogens (primary N) is 1.